The molecule has 1 heterocycles. The predicted octanol–water partition coefficient (Wildman–Crippen LogP) is 2.04. The van der Waals surface area contributed by atoms with Crippen LogP contribution in [0, 0.1) is 0 Å². The van der Waals surface area contributed by atoms with Gasteiger partial charge >= 0.3 is 6.09 Å². The molecule has 0 aromatic carbocycles. The number of amides is 1. The van der Waals surface area contributed by atoms with E-state index in [1.54, 1.807) is 27.7 Å². The second kappa shape index (κ2) is 5.69. The molecule has 104 valence electrons. The van der Waals surface area contributed by atoms with Gasteiger partial charge in [-0.15, -0.1) is 0 Å². The standard InChI is InChI=1S/C13H23NO4/c1-12(2,3)18-11(16)14-13(4,9-15)10-7-5-6-8-17-10/h9-10H,5-8H2,1-4H3,(H,14,16). The zero-order valence-electron chi connectivity index (χ0n) is 11.6. The van der Waals surface area contributed by atoms with Gasteiger partial charge < -0.3 is 19.6 Å². The Morgan fingerprint density at radius 1 is 1.33 bits per heavy atom. The summed E-state index contributed by atoms with van der Waals surface area (Å²) >= 11 is 0. The molecule has 1 N–H and O–H groups in total. The van der Waals surface area contributed by atoms with Crippen LogP contribution in [-0.2, 0) is 14.3 Å². The average Bonchev–Trinajstić information content (AvgIpc) is 2.27. The van der Waals surface area contributed by atoms with Gasteiger partial charge in [0.1, 0.15) is 17.4 Å². The third kappa shape index (κ3) is 4.29. The van der Waals surface area contributed by atoms with Crippen LogP contribution in [0.5, 0.6) is 0 Å². The highest BCUT2D eigenvalue weighted by atomic mass is 16.6. The van der Waals surface area contributed by atoms with Crippen LogP contribution in [0.15, 0.2) is 0 Å². The average molecular weight is 257 g/mol. The molecule has 2 unspecified atom stereocenters. The van der Waals surface area contributed by atoms with Gasteiger partial charge in [-0.2, -0.15) is 0 Å². The van der Waals surface area contributed by atoms with Crippen molar-refractivity contribution in [2.75, 3.05) is 6.61 Å². The van der Waals surface area contributed by atoms with E-state index in [9.17, 15) is 9.59 Å². The molecule has 5 nitrogen and oxygen atoms in total. The number of hydrogen-bond acceptors (Lipinski definition) is 4. The first-order valence-corrected chi connectivity index (χ1v) is 6.36. The lowest BCUT2D eigenvalue weighted by Crippen LogP contribution is -2.58. The molecular weight excluding hydrogens is 234 g/mol. The largest absolute Gasteiger partial charge is 0.444 e. The summed E-state index contributed by atoms with van der Waals surface area (Å²) < 4.78 is 10.7. The first-order chi connectivity index (χ1) is 8.27. The minimum atomic E-state index is -1.03. The van der Waals surface area contributed by atoms with Crippen molar-refractivity contribution in [3.63, 3.8) is 0 Å². The molecule has 2 atom stereocenters. The van der Waals surface area contributed by atoms with Crippen molar-refractivity contribution in [2.24, 2.45) is 0 Å². The van der Waals surface area contributed by atoms with Crippen LogP contribution in [0.25, 0.3) is 0 Å². The monoisotopic (exact) mass is 257 g/mol. The third-order valence-corrected chi connectivity index (χ3v) is 2.86. The third-order valence-electron chi connectivity index (χ3n) is 2.86. The summed E-state index contributed by atoms with van der Waals surface area (Å²) in [5, 5.41) is 2.62. The Morgan fingerprint density at radius 2 is 2.00 bits per heavy atom. The Bertz CT molecular complexity index is 305. The maximum atomic E-state index is 11.7. The van der Waals surface area contributed by atoms with E-state index in [1.165, 1.54) is 0 Å². The van der Waals surface area contributed by atoms with Crippen molar-refractivity contribution in [3.05, 3.63) is 0 Å². The lowest BCUT2D eigenvalue weighted by Gasteiger charge is -2.36. The molecule has 1 aliphatic rings. The van der Waals surface area contributed by atoms with Gasteiger partial charge in [-0.05, 0) is 47.0 Å². The molecule has 0 aromatic rings. The van der Waals surface area contributed by atoms with E-state index in [0.717, 1.165) is 25.5 Å². The second-order valence-electron chi connectivity index (χ2n) is 5.88. The van der Waals surface area contributed by atoms with Gasteiger partial charge in [0.25, 0.3) is 0 Å². The maximum Gasteiger partial charge on any atom is 0.408 e. The van der Waals surface area contributed by atoms with Crippen LogP contribution < -0.4 is 5.32 Å². The minimum absolute atomic E-state index is 0.281. The van der Waals surface area contributed by atoms with Crippen LogP contribution in [0.4, 0.5) is 4.79 Å². The Balaban J connectivity index is 2.64. The van der Waals surface area contributed by atoms with Crippen LogP contribution in [-0.4, -0.2) is 36.2 Å². The van der Waals surface area contributed by atoms with Gasteiger partial charge in [0, 0.05) is 6.61 Å². The Labute approximate surface area is 108 Å². The lowest BCUT2D eigenvalue weighted by atomic mass is 9.91. The second-order valence-corrected chi connectivity index (χ2v) is 5.88. The molecule has 0 spiro atoms. The van der Waals surface area contributed by atoms with E-state index >= 15 is 0 Å². The van der Waals surface area contributed by atoms with E-state index in [0.29, 0.717) is 6.61 Å². The lowest BCUT2D eigenvalue weighted by molar-refractivity contribution is -0.121. The van der Waals surface area contributed by atoms with Gasteiger partial charge in [-0.3, -0.25) is 0 Å². The minimum Gasteiger partial charge on any atom is -0.444 e. The van der Waals surface area contributed by atoms with Gasteiger partial charge in [0.15, 0.2) is 0 Å². The highest BCUT2D eigenvalue weighted by molar-refractivity contribution is 5.77. The van der Waals surface area contributed by atoms with Gasteiger partial charge in [0.2, 0.25) is 0 Å². The van der Waals surface area contributed by atoms with Crippen molar-refractivity contribution >= 4 is 12.4 Å². The fourth-order valence-electron chi connectivity index (χ4n) is 1.92. The molecule has 0 aromatic heterocycles. The number of carbonyl (C=O) groups is 2. The summed E-state index contributed by atoms with van der Waals surface area (Å²) in [5.41, 5.74) is -1.61. The molecular formula is C13H23NO4. The maximum absolute atomic E-state index is 11.7. The summed E-state index contributed by atoms with van der Waals surface area (Å²) in [7, 11) is 0. The van der Waals surface area contributed by atoms with Crippen molar-refractivity contribution in [1.29, 1.82) is 0 Å². The van der Waals surface area contributed by atoms with Crippen LogP contribution in [0.2, 0.25) is 0 Å². The number of alkyl carbamates (subject to hydrolysis) is 1. The Kier molecular flexibility index (Phi) is 4.73. The molecule has 0 bridgehead atoms. The summed E-state index contributed by atoms with van der Waals surface area (Å²) in [5.74, 6) is 0. The summed E-state index contributed by atoms with van der Waals surface area (Å²) in [6.45, 7) is 7.63. The molecule has 0 radical (unpaired) electrons. The fourth-order valence-corrected chi connectivity index (χ4v) is 1.92. The zero-order valence-corrected chi connectivity index (χ0v) is 11.6. The topological polar surface area (TPSA) is 64.6 Å². The van der Waals surface area contributed by atoms with Gasteiger partial charge in [-0.25, -0.2) is 4.79 Å². The number of aldehydes is 1. The van der Waals surface area contributed by atoms with E-state index < -0.39 is 17.2 Å². The van der Waals surface area contributed by atoms with Gasteiger partial charge in [0.05, 0.1) is 6.10 Å². The molecule has 0 saturated carbocycles. The molecule has 1 saturated heterocycles. The smallest absolute Gasteiger partial charge is 0.408 e. The van der Waals surface area contributed by atoms with Crippen LogP contribution in [0.1, 0.15) is 47.0 Å². The predicted molar refractivity (Wildman–Crippen MR) is 67.4 cm³/mol. The van der Waals surface area contributed by atoms with Crippen molar-refractivity contribution < 1.29 is 19.1 Å². The van der Waals surface area contributed by atoms with Gasteiger partial charge in [-0.1, -0.05) is 0 Å². The normalized spacial score (nSPS) is 23.9. The van der Waals surface area contributed by atoms with Crippen molar-refractivity contribution in [1.82, 2.24) is 5.32 Å². The molecule has 1 aliphatic heterocycles. The number of rotatable bonds is 3. The Hall–Kier alpha value is -1.10. The summed E-state index contributed by atoms with van der Waals surface area (Å²) in [4.78, 5) is 23.0. The number of nitrogens with one attached hydrogen (secondary N) is 1. The summed E-state index contributed by atoms with van der Waals surface area (Å²) in [6, 6.07) is 0. The SMILES string of the molecule is CC(C)(C)OC(=O)NC(C)(C=O)C1CCCCO1. The van der Waals surface area contributed by atoms with E-state index in [4.69, 9.17) is 9.47 Å². The Morgan fingerprint density at radius 3 is 2.44 bits per heavy atom. The van der Waals surface area contributed by atoms with Crippen LogP contribution in [0.3, 0.4) is 0 Å². The fraction of sp³-hybridized carbons (Fsp3) is 0.846. The number of ether oxygens (including phenoxy) is 2. The van der Waals surface area contributed by atoms with E-state index in [-0.39, 0.29) is 6.10 Å². The van der Waals surface area contributed by atoms with Crippen molar-refractivity contribution in [3.8, 4) is 0 Å². The molecule has 1 rings (SSSR count). The zero-order chi connectivity index (χ0) is 13.8. The molecule has 1 amide bonds. The highest BCUT2D eigenvalue weighted by Gasteiger charge is 2.38. The van der Waals surface area contributed by atoms with Crippen LogP contribution >= 0.6 is 0 Å². The number of hydrogen-bond donors (Lipinski definition) is 1. The molecule has 0 aliphatic carbocycles. The van der Waals surface area contributed by atoms with Crippen molar-refractivity contribution in [2.45, 2.75) is 64.2 Å². The molecule has 5 heteroatoms. The van der Waals surface area contributed by atoms with E-state index in [1.807, 2.05) is 0 Å². The first kappa shape index (κ1) is 15.0. The number of carbonyl (C=O) groups excluding carboxylic acids is 2. The summed E-state index contributed by atoms with van der Waals surface area (Å²) in [6.07, 6.45) is 2.63. The first-order valence-electron chi connectivity index (χ1n) is 6.36. The molecule has 1 fully saturated rings. The quantitative estimate of drug-likeness (QED) is 0.786. The highest BCUT2D eigenvalue weighted by Crippen LogP contribution is 2.22. The van der Waals surface area contributed by atoms with E-state index in [2.05, 4.69) is 5.32 Å². The molecule has 18 heavy (non-hydrogen) atoms.